The van der Waals surface area contributed by atoms with Gasteiger partial charge in [0.25, 0.3) is 0 Å². The molecule has 1 aliphatic rings. The van der Waals surface area contributed by atoms with Crippen LogP contribution in [-0.4, -0.2) is 21.7 Å². The van der Waals surface area contributed by atoms with Gasteiger partial charge in [0.2, 0.25) is 5.91 Å². The van der Waals surface area contributed by atoms with Crippen LogP contribution in [0.1, 0.15) is 17.4 Å². The molecule has 0 radical (unpaired) electrons. The molecule has 0 aliphatic carbocycles. The first-order valence-corrected chi connectivity index (χ1v) is 5.92. The highest BCUT2D eigenvalue weighted by Crippen LogP contribution is 2.26. The number of carbonyl (C=O) groups excluding carboxylic acids is 1. The molecule has 2 rings (SSSR count). The van der Waals surface area contributed by atoms with Crippen LogP contribution in [0.5, 0.6) is 0 Å². The number of carbonyl (C=O) groups is 1. The number of halogens is 1. The summed E-state index contributed by atoms with van der Waals surface area (Å²) in [7, 11) is 0. The molecule has 1 amide bonds. The molecule has 0 fully saturated rings. The van der Waals surface area contributed by atoms with Gasteiger partial charge in [-0.15, -0.1) is 0 Å². The van der Waals surface area contributed by atoms with Crippen LogP contribution in [-0.2, 0) is 17.8 Å². The van der Waals surface area contributed by atoms with Crippen molar-refractivity contribution in [2.24, 2.45) is 0 Å². The summed E-state index contributed by atoms with van der Waals surface area (Å²) in [5, 5.41) is 0. The predicted molar refractivity (Wildman–Crippen MR) is 59.6 cm³/mol. The molecule has 2 heterocycles. The second kappa shape index (κ2) is 3.53. The molecule has 0 saturated heterocycles. The summed E-state index contributed by atoms with van der Waals surface area (Å²) < 4.78 is 5.34. The molecule has 1 aromatic heterocycles. The van der Waals surface area contributed by atoms with Crippen LogP contribution in [0.25, 0.3) is 0 Å². The topological polar surface area (TPSA) is 33.2 Å². The molecule has 0 unspecified atom stereocenters. The minimum atomic E-state index is 0.160. The van der Waals surface area contributed by atoms with Crippen LogP contribution in [0.4, 0.5) is 0 Å². The maximum absolute atomic E-state index is 11.1. The van der Waals surface area contributed by atoms with Gasteiger partial charge >= 0.3 is 0 Å². The van der Waals surface area contributed by atoms with E-state index in [0.29, 0.717) is 0 Å². The van der Waals surface area contributed by atoms with E-state index in [1.807, 2.05) is 4.90 Å². The quantitative estimate of drug-likeness (QED) is 0.683. The normalized spacial score (nSPS) is 15.7. The van der Waals surface area contributed by atoms with Crippen molar-refractivity contribution in [3.63, 3.8) is 0 Å². The molecule has 0 atom stereocenters. The maximum Gasteiger partial charge on any atom is 0.219 e. The third kappa shape index (κ3) is 1.71. The van der Waals surface area contributed by atoms with Crippen molar-refractivity contribution >= 4 is 40.0 Å². The van der Waals surface area contributed by atoms with Crippen molar-refractivity contribution in [1.29, 1.82) is 0 Å². The van der Waals surface area contributed by atoms with Gasteiger partial charge in [0.1, 0.15) is 3.70 Å². The van der Waals surface area contributed by atoms with Crippen LogP contribution in [0.2, 0.25) is 0 Å². The molecule has 1 aliphatic heterocycles. The van der Waals surface area contributed by atoms with Crippen molar-refractivity contribution in [2.45, 2.75) is 19.9 Å². The molecule has 5 heteroatoms. The van der Waals surface area contributed by atoms with Gasteiger partial charge < -0.3 is 4.90 Å². The van der Waals surface area contributed by atoms with Crippen LogP contribution >= 0.6 is 34.1 Å². The zero-order valence-corrected chi connectivity index (χ0v) is 10.2. The maximum atomic E-state index is 11.1. The fourth-order valence-corrected chi connectivity index (χ4v) is 3.17. The van der Waals surface area contributed by atoms with E-state index in [9.17, 15) is 4.79 Å². The summed E-state index contributed by atoms with van der Waals surface area (Å²) in [6.07, 6.45) is 0.968. The van der Waals surface area contributed by atoms with Crippen LogP contribution in [0.3, 0.4) is 0 Å². The SMILES string of the molecule is CC(=O)N1CCc2snc(I)c2C1. The Balaban J connectivity index is 2.27. The average molecular weight is 308 g/mol. The lowest BCUT2D eigenvalue weighted by Crippen LogP contribution is -2.33. The number of rotatable bonds is 0. The molecular weight excluding hydrogens is 299 g/mol. The highest BCUT2D eigenvalue weighted by atomic mass is 127. The summed E-state index contributed by atoms with van der Waals surface area (Å²) in [6, 6.07) is 0. The van der Waals surface area contributed by atoms with Crippen LogP contribution < -0.4 is 0 Å². The number of amides is 1. The van der Waals surface area contributed by atoms with E-state index in [1.165, 1.54) is 10.4 Å². The van der Waals surface area contributed by atoms with E-state index in [2.05, 4.69) is 27.0 Å². The van der Waals surface area contributed by atoms with Crippen molar-refractivity contribution in [2.75, 3.05) is 6.54 Å². The number of fused-ring (bicyclic) bond motifs is 1. The van der Waals surface area contributed by atoms with E-state index < -0.39 is 0 Å². The Morgan fingerprint density at radius 1 is 1.69 bits per heavy atom. The predicted octanol–water partition coefficient (Wildman–Crippen LogP) is 1.65. The molecule has 0 bridgehead atoms. The fourth-order valence-electron chi connectivity index (χ4n) is 1.45. The molecule has 0 N–H and O–H groups in total. The summed E-state index contributed by atoms with van der Waals surface area (Å²) in [5.41, 5.74) is 1.26. The Labute approximate surface area is 94.4 Å². The highest BCUT2D eigenvalue weighted by Gasteiger charge is 2.22. The second-order valence-electron chi connectivity index (χ2n) is 3.07. The molecule has 3 nitrogen and oxygen atoms in total. The number of nitrogens with zero attached hydrogens (tertiary/aromatic N) is 2. The van der Waals surface area contributed by atoms with Gasteiger partial charge in [-0.25, -0.2) is 0 Å². The molecular formula is C8H9IN2OS. The molecule has 0 aromatic carbocycles. The molecule has 1 aromatic rings. The minimum Gasteiger partial charge on any atom is -0.338 e. The van der Waals surface area contributed by atoms with E-state index in [4.69, 9.17) is 0 Å². The van der Waals surface area contributed by atoms with Crippen LogP contribution in [0, 0.1) is 3.70 Å². The van der Waals surface area contributed by atoms with Gasteiger partial charge in [-0.1, -0.05) is 0 Å². The van der Waals surface area contributed by atoms with Gasteiger partial charge in [-0.3, -0.25) is 4.79 Å². The largest absolute Gasteiger partial charge is 0.338 e. The Kier molecular flexibility index (Phi) is 2.55. The Hall–Kier alpha value is -0.170. The second-order valence-corrected chi connectivity index (χ2v) is 4.95. The molecule has 70 valence electrons. The van der Waals surface area contributed by atoms with E-state index >= 15 is 0 Å². The number of aromatic nitrogens is 1. The first-order valence-electron chi connectivity index (χ1n) is 4.07. The summed E-state index contributed by atoms with van der Waals surface area (Å²) in [6.45, 7) is 3.22. The van der Waals surface area contributed by atoms with Crippen molar-refractivity contribution in [3.05, 3.63) is 14.1 Å². The van der Waals surface area contributed by atoms with Gasteiger partial charge in [-0.05, 0) is 34.1 Å². The average Bonchev–Trinajstić information content (AvgIpc) is 2.47. The number of hydrogen-bond acceptors (Lipinski definition) is 3. The summed E-state index contributed by atoms with van der Waals surface area (Å²) in [4.78, 5) is 14.4. The van der Waals surface area contributed by atoms with Gasteiger partial charge in [0.05, 0.1) is 0 Å². The fraction of sp³-hybridized carbons (Fsp3) is 0.500. The van der Waals surface area contributed by atoms with Gasteiger partial charge in [0, 0.05) is 36.9 Å². The number of hydrogen-bond donors (Lipinski definition) is 0. The van der Waals surface area contributed by atoms with E-state index in [-0.39, 0.29) is 5.91 Å². The van der Waals surface area contributed by atoms with Crippen molar-refractivity contribution in [3.8, 4) is 0 Å². The first-order chi connectivity index (χ1) is 6.18. The third-order valence-electron chi connectivity index (χ3n) is 2.22. The van der Waals surface area contributed by atoms with Crippen LogP contribution in [0.15, 0.2) is 0 Å². The Morgan fingerprint density at radius 2 is 2.46 bits per heavy atom. The molecule has 0 saturated carbocycles. The van der Waals surface area contributed by atoms with E-state index in [1.54, 1.807) is 18.5 Å². The minimum absolute atomic E-state index is 0.160. The summed E-state index contributed by atoms with van der Waals surface area (Å²) >= 11 is 3.80. The third-order valence-corrected chi connectivity index (χ3v) is 4.39. The lowest BCUT2D eigenvalue weighted by atomic mass is 10.1. The monoisotopic (exact) mass is 308 g/mol. The Bertz CT molecular complexity index is 350. The standard InChI is InChI=1S/C8H9IN2OS/c1-5(12)11-3-2-7-6(4-11)8(9)10-13-7/h2-4H2,1H3. The smallest absolute Gasteiger partial charge is 0.219 e. The van der Waals surface area contributed by atoms with Crippen molar-refractivity contribution < 1.29 is 4.79 Å². The lowest BCUT2D eigenvalue weighted by Gasteiger charge is -2.25. The Morgan fingerprint density at radius 3 is 3.15 bits per heavy atom. The molecule has 13 heavy (non-hydrogen) atoms. The lowest BCUT2D eigenvalue weighted by molar-refractivity contribution is -0.129. The zero-order valence-electron chi connectivity index (χ0n) is 7.21. The summed E-state index contributed by atoms with van der Waals surface area (Å²) in [5.74, 6) is 0.160. The first kappa shape index (κ1) is 9.39. The van der Waals surface area contributed by atoms with Crippen molar-refractivity contribution in [1.82, 2.24) is 9.27 Å². The van der Waals surface area contributed by atoms with Gasteiger partial charge in [0.15, 0.2) is 0 Å². The van der Waals surface area contributed by atoms with E-state index in [0.717, 1.165) is 23.2 Å². The highest BCUT2D eigenvalue weighted by molar-refractivity contribution is 14.1. The van der Waals surface area contributed by atoms with Gasteiger partial charge in [-0.2, -0.15) is 4.37 Å². The molecule has 0 spiro atoms. The zero-order chi connectivity index (χ0) is 9.42.